The lowest BCUT2D eigenvalue weighted by Gasteiger charge is -2.22. The second-order valence-electron chi connectivity index (χ2n) is 13.5. The number of aliphatic hydroxyl groups excluding tert-OH is 2. The normalized spacial score (nSPS) is 19.4. The number of aliphatic hydroxyl groups is 2. The highest BCUT2D eigenvalue weighted by Gasteiger charge is 2.43. The minimum Gasteiger partial charge on any atom is -0.497 e. The quantitative estimate of drug-likeness (QED) is 0.107. The summed E-state index contributed by atoms with van der Waals surface area (Å²) in [6.45, 7) is 13.6. The molecule has 1 aliphatic rings. The van der Waals surface area contributed by atoms with E-state index in [-0.39, 0.29) is 12.7 Å². The third-order valence-corrected chi connectivity index (χ3v) is 9.27. The molecule has 1 heterocycles. The van der Waals surface area contributed by atoms with Gasteiger partial charge in [0.15, 0.2) is 18.9 Å². The molecule has 0 aliphatic carbocycles. The van der Waals surface area contributed by atoms with E-state index >= 15 is 0 Å². The van der Waals surface area contributed by atoms with Gasteiger partial charge in [-0.25, -0.2) is 0 Å². The minimum atomic E-state index is -1.37. The number of ether oxygens (including phenoxy) is 8. The molecule has 0 saturated carbocycles. The van der Waals surface area contributed by atoms with Gasteiger partial charge in [0.2, 0.25) is 0 Å². The molecule has 1 fully saturated rings. The van der Waals surface area contributed by atoms with E-state index in [2.05, 4.69) is 31.5 Å². The van der Waals surface area contributed by atoms with Gasteiger partial charge in [-0.15, -0.1) is 0 Å². The molecule has 10 nitrogen and oxygen atoms in total. The van der Waals surface area contributed by atoms with Crippen molar-refractivity contribution in [3.63, 3.8) is 0 Å². The lowest BCUT2D eigenvalue weighted by atomic mass is 10.0. The zero-order valence-corrected chi connectivity index (χ0v) is 30.9. The van der Waals surface area contributed by atoms with Gasteiger partial charge in [0.1, 0.15) is 29.5 Å². The average Bonchev–Trinajstić information content (AvgIpc) is 3.35. The summed E-state index contributed by atoms with van der Waals surface area (Å²) in [6.07, 6.45) is 0.724. The van der Waals surface area contributed by atoms with E-state index in [0.717, 1.165) is 17.4 Å². The number of hydrogen-bond donors (Lipinski definition) is 2. The van der Waals surface area contributed by atoms with Crippen molar-refractivity contribution in [1.82, 2.24) is 0 Å². The second kappa shape index (κ2) is 18.7. The van der Waals surface area contributed by atoms with Crippen molar-refractivity contribution in [2.75, 3.05) is 41.3 Å². The highest BCUT2D eigenvalue weighted by Crippen LogP contribution is 2.36. The van der Waals surface area contributed by atoms with Crippen LogP contribution in [0, 0.1) is 17.8 Å². The van der Waals surface area contributed by atoms with Crippen molar-refractivity contribution in [3.05, 3.63) is 59.2 Å². The van der Waals surface area contributed by atoms with Crippen LogP contribution >= 0.6 is 0 Å². The highest BCUT2D eigenvalue weighted by molar-refractivity contribution is 6.76. The first-order chi connectivity index (χ1) is 22.7. The van der Waals surface area contributed by atoms with E-state index in [0.29, 0.717) is 48.9 Å². The molecule has 2 unspecified atom stereocenters. The van der Waals surface area contributed by atoms with E-state index in [1.165, 1.54) is 7.11 Å². The molecule has 0 radical (unpaired) electrons. The molecule has 2 aromatic rings. The van der Waals surface area contributed by atoms with Gasteiger partial charge in [0.25, 0.3) is 0 Å². The van der Waals surface area contributed by atoms with Crippen LogP contribution in [0.2, 0.25) is 25.7 Å². The number of hydrogen-bond acceptors (Lipinski definition) is 10. The first-order valence-corrected chi connectivity index (χ1v) is 20.0. The Hall–Kier alpha value is -2.92. The first kappa shape index (κ1) is 39.5. The predicted molar refractivity (Wildman–Crippen MR) is 188 cm³/mol. The molecule has 266 valence electrons. The second-order valence-corrected chi connectivity index (χ2v) is 19.1. The van der Waals surface area contributed by atoms with Gasteiger partial charge in [-0.2, -0.15) is 0 Å². The van der Waals surface area contributed by atoms with Crippen molar-refractivity contribution in [3.8, 4) is 29.1 Å². The first-order valence-electron chi connectivity index (χ1n) is 16.3. The minimum absolute atomic E-state index is 0.0126. The molecule has 0 spiro atoms. The Morgan fingerprint density at radius 1 is 0.979 bits per heavy atom. The Morgan fingerprint density at radius 2 is 1.69 bits per heavy atom. The number of benzene rings is 2. The fraction of sp³-hybridized carbons (Fsp3) is 0.568. The van der Waals surface area contributed by atoms with Gasteiger partial charge in [-0.05, 0) is 62.6 Å². The molecular formula is C37H54O10Si. The molecular weight excluding hydrogens is 632 g/mol. The Kier molecular flexibility index (Phi) is 15.4. The summed E-state index contributed by atoms with van der Waals surface area (Å²) in [5.74, 6) is 6.78. The summed E-state index contributed by atoms with van der Waals surface area (Å²) in [7, 11) is 3.36. The van der Waals surface area contributed by atoms with Crippen LogP contribution in [0.4, 0.5) is 0 Å². The van der Waals surface area contributed by atoms with Crippen LogP contribution < -0.4 is 14.2 Å². The van der Waals surface area contributed by atoms with Crippen molar-refractivity contribution < 1.29 is 48.1 Å². The Bertz CT molecular complexity index is 1360. The molecule has 5 atom stereocenters. The van der Waals surface area contributed by atoms with Gasteiger partial charge in [-0.1, -0.05) is 55.8 Å². The van der Waals surface area contributed by atoms with E-state index in [4.69, 9.17) is 37.9 Å². The topological polar surface area (TPSA) is 114 Å². The van der Waals surface area contributed by atoms with Crippen LogP contribution in [-0.2, 0) is 30.3 Å². The third kappa shape index (κ3) is 12.8. The van der Waals surface area contributed by atoms with E-state index < -0.39 is 38.5 Å². The molecule has 2 N–H and O–H groups in total. The van der Waals surface area contributed by atoms with E-state index in [9.17, 15) is 10.2 Å². The largest absolute Gasteiger partial charge is 0.497 e. The summed E-state index contributed by atoms with van der Waals surface area (Å²) < 4.78 is 45.6. The maximum atomic E-state index is 11.2. The van der Waals surface area contributed by atoms with Crippen molar-refractivity contribution >= 4 is 14.1 Å². The zero-order chi connectivity index (χ0) is 35.3. The highest BCUT2D eigenvalue weighted by atomic mass is 28.3. The Balaban J connectivity index is 1.71. The molecule has 1 aliphatic heterocycles. The maximum Gasteiger partial charge on any atom is 0.188 e. The molecule has 1 saturated heterocycles. The van der Waals surface area contributed by atoms with Crippen molar-refractivity contribution in [1.29, 1.82) is 0 Å². The van der Waals surface area contributed by atoms with Crippen molar-refractivity contribution in [2.45, 2.75) is 89.9 Å². The molecule has 11 heteroatoms. The number of rotatable bonds is 18. The monoisotopic (exact) mass is 686 g/mol. The smallest absolute Gasteiger partial charge is 0.188 e. The SMILES string of the molecule is COCOc1cc(OC)cc(/C=C/C[C@@H]2OC(C)(C)O[C@@H]2C(O)C#C[C@H](C)COCc2ccc(OC)cc2)c1C(O)OCC[Si](C)(C)C. The van der Waals surface area contributed by atoms with Crippen molar-refractivity contribution in [2.24, 2.45) is 5.92 Å². The van der Waals surface area contributed by atoms with E-state index in [1.54, 1.807) is 20.3 Å². The van der Waals surface area contributed by atoms with Crippen LogP contribution in [0.5, 0.6) is 17.2 Å². The lowest BCUT2D eigenvalue weighted by Crippen LogP contribution is -2.34. The summed E-state index contributed by atoms with van der Waals surface area (Å²) in [5.41, 5.74) is 2.16. The fourth-order valence-electron chi connectivity index (χ4n) is 5.01. The maximum absolute atomic E-state index is 11.2. The van der Waals surface area contributed by atoms with Crippen LogP contribution in [0.3, 0.4) is 0 Å². The zero-order valence-electron chi connectivity index (χ0n) is 29.9. The molecule has 0 amide bonds. The van der Waals surface area contributed by atoms with E-state index in [1.807, 2.05) is 63.3 Å². The molecule has 0 aromatic heterocycles. The predicted octanol–water partition coefficient (Wildman–Crippen LogP) is 6.17. The van der Waals surface area contributed by atoms with Gasteiger partial charge >= 0.3 is 0 Å². The molecule has 3 rings (SSSR count). The average molecular weight is 687 g/mol. The van der Waals surface area contributed by atoms with Gasteiger partial charge in [-0.3, -0.25) is 0 Å². The molecule has 2 aromatic carbocycles. The summed E-state index contributed by atoms with van der Waals surface area (Å²) in [4.78, 5) is 0. The van der Waals surface area contributed by atoms with Gasteiger partial charge in [0.05, 0.1) is 39.1 Å². The van der Waals surface area contributed by atoms with Gasteiger partial charge < -0.3 is 48.1 Å². The molecule has 0 bridgehead atoms. The summed E-state index contributed by atoms with van der Waals surface area (Å²) in [5, 5.41) is 22.2. The fourth-order valence-corrected chi connectivity index (χ4v) is 5.74. The summed E-state index contributed by atoms with van der Waals surface area (Å²) >= 11 is 0. The van der Waals surface area contributed by atoms with Crippen LogP contribution in [0.15, 0.2) is 42.5 Å². The standard InChI is InChI=1S/C37H54O10Si/c1-26(23-43-24-27-14-16-29(41-5)17-15-27)13-18-31(38)35-32(46-37(2,3)47-35)12-10-11-28-21-30(42-6)22-33(45-25-40-4)34(28)36(39)44-19-20-48(7,8)9/h10-11,14-17,21-22,26,31-32,35-36,38-39H,12,19-20,23-25H2,1-9H3/b11-10+/t26-,31?,32-,35+,36?/m0/s1. The number of methoxy groups -OCH3 is 3. The van der Waals surface area contributed by atoms with Crippen LogP contribution in [0.25, 0.3) is 6.08 Å². The van der Waals surface area contributed by atoms with Crippen LogP contribution in [-0.4, -0.2) is 83.7 Å². The molecule has 48 heavy (non-hydrogen) atoms. The Labute approximate surface area is 287 Å². The third-order valence-electron chi connectivity index (χ3n) is 7.56. The lowest BCUT2D eigenvalue weighted by molar-refractivity contribution is -0.151. The van der Waals surface area contributed by atoms with Crippen LogP contribution in [0.1, 0.15) is 50.2 Å². The summed E-state index contributed by atoms with van der Waals surface area (Å²) in [6, 6.07) is 12.1. The Morgan fingerprint density at radius 3 is 2.33 bits per heavy atom. The van der Waals surface area contributed by atoms with Gasteiger partial charge in [0, 0.05) is 33.8 Å².